The zero-order chi connectivity index (χ0) is 20.2. The lowest BCUT2D eigenvalue weighted by Gasteiger charge is -2.38. The van der Waals surface area contributed by atoms with Crippen LogP contribution in [0.5, 0.6) is 0 Å². The summed E-state index contributed by atoms with van der Waals surface area (Å²) in [7, 11) is 2.13. The van der Waals surface area contributed by atoms with E-state index in [2.05, 4.69) is 56.6 Å². The first-order valence-corrected chi connectivity index (χ1v) is 10.2. The second-order valence-corrected chi connectivity index (χ2v) is 7.68. The number of hydrogen-bond acceptors (Lipinski definition) is 5. The predicted molar refractivity (Wildman–Crippen MR) is 113 cm³/mol. The highest BCUT2D eigenvalue weighted by Crippen LogP contribution is 2.24. The molecule has 1 aliphatic heterocycles. The Hall–Kier alpha value is -2.77. The molecule has 7 heteroatoms. The molecule has 3 heterocycles. The van der Waals surface area contributed by atoms with Crippen LogP contribution in [-0.4, -0.2) is 63.5 Å². The van der Waals surface area contributed by atoms with Crippen molar-refractivity contribution in [1.82, 2.24) is 29.7 Å². The van der Waals surface area contributed by atoms with E-state index < -0.39 is 0 Å². The lowest BCUT2D eigenvalue weighted by atomic mass is 10.1. The van der Waals surface area contributed by atoms with Crippen molar-refractivity contribution in [3.63, 3.8) is 0 Å². The van der Waals surface area contributed by atoms with E-state index in [4.69, 9.17) is 0 Å². The Bertz CT molecular complexity index is 970. The fraction of sp³-hybridized carbons (Fsp3) is 0.409. The molecule has 1 saturated heterocycles. The number of fused-ring (bicyclic) bond motifs is 1. The Balaban J connectivity index is 1.57. The molecule has 1 N–H and O–H groups in total. The number of piperazine rings is 1. The standard InChI is InChI=1S/C22H28N6O/c1-3-11-23-22(29)18-9-10-20-24-25-21(28(20)15-18)19-16-27(13-12-26(19)2)14-17-7-5-4-6-8-17/h4-10,15,19H,3,11-14,16H2,1-2H3,(H,23,29)/t19-/m0/s1. The number of amides is 1. The van der Waals surface area contributed by atoms with Gasteiger partial charge in [0.2, 0.25) is 0 Å². The number of aromatic nitrogens is 3. The van der Waals surface area contributed by atoms with Gasteiger partial charge < -0.3 is 5.32 Å². The summed E-state index contributed by atoms with van der Waals surface area (Å²) >= 11 is 0. The maximum atomic E-state index is 12.4. The minimum Gasteiger partial charge on any atom is -0.352 e. The SMILES string of the molecule is CCCNC(=O)c1ccc2nnc([C@@H]3CN(Cc4ccccc4)CCN3C)n2c1. The molecule has 0 aliphatic carbocycles. The quantitative estimate of drug-likeness (QED) is 0.698. The first-order valence-electron chi connectivity index (χ1n) is 10.2. The summed E-state index contributed by atoms with van der Waals surface area (Å²) in [6.07, 6.45) is 2.77. The number of nitrogens with one attached hydrogen (secondary N) is 1. The van der Waals surface area contributed by atoms with Crippen molar-refractivity contribution in [2.24, 2.45) is 0 Å². The number of hydrogen-bond donors (Lipinski definition) is 1. The highest BCUT2D eigenvalue weighted by molar-refractivity contribution is 5.94. The van der Waals surface area contributed by atoms with Crippen LogP contribution in [0.2, 0.25) is 0 Å². The van der Waals surface area contributed by atoms with Gasteiger partial charge in [-0.15, -0.1) is 10.2 Å². The van der Waals surface area contributed by atoms with Crippen LogP contribution in [0.1, 0.15) is 41.1 Å². The molecular formula is C22H28N6O. The van der Waals surface area contributed by atoms with Crippen molar-refractivity contribution in [2.75, 3.05) is 33.2 Å². The number of benzene rings is 1. The third-order valence-electron chi connectivity index (χ3n) is 5.51. The first kappa shape index (κ1) is 19.5. The smallest absolute Gasteiger partial charge is 0.252 e. The van der Waals surface area contributed by atoms with Crippen LogP contribution in [0.3, 0.4) is 0 Å². The van der Waals surface area contributed by atoms with Crippen LogP contribution < -0.4 is 5.32 Å². The molecule has 0 radical (unpaired) electrons. The van der Waals surface area contributed by atoms with E-state index in [1.54, 1.807) is 0 Å². The van der Waals surface area contributed by atoms with Gasteiger partial charge in [-0.2, -0.15) is 0 Å². The predicted octanol–water partition coefficient (Wildman–Crippen LogP) is 2.36. The van der Waals surface area contributed by atoms with E-state index >= 15 is 0 Å². The van der Waals surface area contributed by atoms with Gasteiger partial charge >= 0.3 is 0 Å². The fourth-order valence-electron chi connectivity index (χ4n) is 3.80. The van der Waals surface area contributed by atoms with E-state index in [0.29, 0.717) is 12.1 Å². The lowest BCUT2D eigenvalue weighted by molar-refractivity contribution is 0.0852. The van der Waals surface area contributed by atoms with Crippen LogP contribution >= 0.6 is 0 Å². The molecule has 1 amide bonds. The molecular weight excluding hydrogens is 364 g/mol. The Morgan fingerprint density at radius 1 is 1.14 bits per heavy atom. The van der Waals surface area contributed by atoms with Gasteiger partial charge in [0.25, 0.3) is 5.91 Å². The second-order valence-electron chi connectivity index (χ2n) is 7.68. The van der Waals surface area contributed by atoms with Gasteiger partial charge in [0.1, 0.15) is 0 Å². The van der Waals surface area contributed by atoms with Gasteiger partial charge in [0, 0.05) is 38.9 Å². The average Bonchev–Trinajstić information content (AvgIpc) is 3.17. The highest BCUT2D eigenvalue weighted by atomic mass is 16.1. The molecule has 0 saturated carbocycles. The number of pyridine rings is 1. The van der Waals surface area contributed by atoms with Crippen molar-refractivity contribution in [2.45, 2.75) is 25.9 Å². The van der Waals surface area contributed by atoms with Gasteiger partial charge in [-0.3, -0.25) is 19.0 Å². The van der Waals surface area contributed by atoms with E-state index in [9.17, 15) is 4.79 Å². The summed E-state index contributed by atoms with van der Waals surface area (Å²) < 4.78 is 1.97. The van der Waals surface area contributed by atoms with Crippen molar-refractivity contribution in [1.29, 1.82) is 0 Å². The largest absolute Gasteiger partial charge is 0.352 e. The number of likely N-dealkylation sites (N-methyl/N-ethyl adjacent to an activating group) is 1. The van der Waals surface area contributed by atoms with E-state index in [1.165, 1.54) is 5.56 Å². The Morgan fingerprint density at radius 2 is 1.97 bits per heavy atom. The number of carbonyl (C=O) groups is 1. The van der Waals surface area contributed by atoms with E-state index in [0.717, 1.165) is 44.1 Å². The molecule has 3 aromatic rings. The summed E-state index contributed by atoms with van der Waals surface area (Å²) in [5.74, 6) is 0.821. The summed E-state index contributed by atoms with van der Waals surface area (Å²) in [6.45, 7) is 6.49. The molecule has 29 heavy (non-hydrogen) atoms. The normalized spacial score (nSPS) is 18.2. The molecule has 152 valence electrons. The van der Waals surface area contributed by atoms with Crippen LogP contribution in [0.4, 0.5) is 0 Å². The molecule has 1 aliphatic rings. The molecule has 2 aromatic heterocycles. The molecule has 0 spiro atoms. The number of rotatable bonds is 6. The van der Waals surface area contributed by atoms with Crippen LogP contribution in [-0.2, 0) is 6.54 Å². The van der Waals surface area contributed by atoms with Gasteiger partial charge in [-0.1, -0.05) is 37.3 Å². The molecule has 1 fully saturated rings. The zero-order valence-corrected chi connectivity index (χ0v) is 17.1. The maximum absolute atomic E-state index is 12.4. The lowest BCUT2D eigenvalue weighted by Crippen LogP contribution is -2.46. The second kappa shape index (κ2) is 8.71. The third-order valence-corrected chi connectivity index (χ3v) is 5.51. The first-order chi connectivity index (χ1) is 14.2. The fourth-order valence-corrected chi connectivity index (χ4v) is 3.80. The average molecular weight is 393 g/mol. The van der Waals surface area contributed by atoms with Crippen LogP contribution in [0.15, 0.2) is 48.7 Å². The summed E-state index contributed by atoms with van der Waals surface area (Å²) in [4.78, 5) is 17.2. The van der Waals surface area contributed by atoms with Crippen molar-refractivity contribution < 1.29 is 4.79 Å². The Morgan fingerprint density at radius 3 is 2.76 bits per heavy atom. The van der Waals surface area contributed by atoms with Gasteiger partial charge in [0.15, 0.2) is 11.5 Å². The number of carbonyl (C=O) groups excluding carboxylic acids is 1. The van der Waals surface area contributed by atoms with Crippen LogP contribution in [0, 0.1) is 0 Å². The van der Waals surface area contributed by atoms with E-state index in [1.807, 2.05) is 35.7 Å². The maximum Gasteiger partial charge on any atom is 0.252 e. The summed E-state index contributed by atoms with van der Waals surface area (Å²) in [6, 6.07) is 14.3. The third kappa shape index (κ3) is 4.31. The highest BCUT2D eigenvalue weighted by Gasteiger charge is 2.29. The zero-order valence-electron chi connectivity index (χ0n) is 17.1. The minimum atomic E-state index is -0.0592. The molecule has 4 rings (SSSR count). The van der Waals surface area contributed by atoms with Crippen molar-refractivity contribution >= 4 is 11.6 Å². The molecule has 0 unspecified atom stereocenters. The molecule has 0 bridgehead atoms. The number of nitrogens with zero attached hydrogens (tertiary/aromatic N) is 5. The van der Waals surface area contributed by atoms with Crippen molar-refractivity contribution in [3.8, 4) is 0 Å². The summed E-state index contributed by atoms with van der Waals surface area (Å²) in [5.41, 5.74) is 2.71. The Kier molecular flexibility index (Phi) is 5.87. The van der Waals surface area contributed by atoms with Crippen LogP contribution in [0.25, 0.3) is 5.65 Å². The van der Waals surface area contributed by atoms with E-state index in [-0.39, 0.29) is 11.9 Å². The Labute approximate surface area is 171 Å². The van der Waals surface area contributed by atoms with Gasteiger partial charge in [0.05, 0.1) is 11.6 Å². The summed E-state index contributed by atoms with van der Waals surface area (Å²) in [5, 5.41) is 11.8. The molecule has 1 atom stereocenters. The monoisotopic (exact) mass is 392 g/mol. The topological polar surface area (TPSA) is 65.8 Å². The molecule has 1 aromatic carbocycles. The van der Waals surface area contributed by atoms with Crippen molar-refractivity contribution in [3.05, 3.63) is 65.6 Å². The molecule has 7 nitrogen and oxygen atoms in total. The minimum absolute atomic E-state index is 0.0592. The van der Waals surface area contributed by atoms with Gasteiger partial charge in [-0.05, 0) is 31.2 Å². The van der Waals surface area contributed by atoms with Gasteiger partial charge in [-0.25, -0.2) is 0 Å².